The van der Waals surface area contributed by atoms with E-state index in [4.69, 9.17) is 14.2 Å². The van der Waals surface area contributed by atoms with Crippen molar-refractivity contribution in [1.29, 1.82) is 0 Å². The number of hydrogen-bond acceptors (Lipinski definition) is 7. The van der Waals surface area contributed by atoms with Gasteiger partial charge in [-0.25, -0.2) is 4.79 Å². The molecule has 7 nitrogen and oxygen atoms in total. The van der Waals surface area contributed by atoms with Crippen LogP contribution in [0.15, 0.2) is 47.8 Å². The predicted octanol–water partition coefficient (Wildman–Crippen LogP) is 3.66. The third-order valence-electron chi connectivity index (χ3n) is 6.63. The minimum atomic E-state index is -0.765. The van der Waals surface area contributed by atoms with Crippen LogP contribution in [0.1, 0.15) is 61.4 Å². The van der Waals surface area contributed by atoms with Crippen LogP contribution in [0, 0.1) is 11.3 Å². The van der Waals surface area contributed by atoms with Gasteiger partial charge in [0, 0.05) is 35.9 Å². The molecule has 0 spiro atoms. The van der Waals surface area contributed by atoms with Crippen LogP contribution in [0.2, 0.25) is 0 Å². The van der Waals surface area contributed by atoms with Crippen molar-refractivity contribution < 1.29 is 28.6 Å². The lowest BCUT2D eigenvalue weighted by Gasteiger charge is -2.42. The highest BCUT2D eigenvalue weighted by Crippen LogP contribution is 2.48. The number of hydrogen-bond donors (Lipinski definition) is 1. The monoisotopic (exact) mass is 453 g/mol. The van der Waals surface area contributed by atoms with Gasteiger partial charge in [0.15, 0.2) is 5.78 Å². The summed E-state index contributed by atoms with van der Waals surface area (Å²) in [5, 5.41) is 3.26. The first kappa shape index (κ1) is 23.2. The zero-order valence-electron chi connectivity index (χ0n) is 19.4. The molecule has 0 aromatic heterocycles. The van der Waals surface area contributed by atoms with E-state index in [0.29, 0.717) is 36.3 Å². The molecule has 0 bridgehead atoms. The number of carbonyl (C=O) groups is 3. The van der Waals surface area contributed by atoms with Gasteiger partial charge in [-0.2, -0.15) is 0 Å². The van der Waals surface area contributed by atoms with Crippen molar-refractivity contribution in [2.45, 2.75) is 51.6 Å². The second kappa shape index (κ2) is 9.14. The molecular weight excluding hydrogens is 422 g/mol. The Hall–Kier alpha value is -2.93. The largest absolute Gasteiger partial charge is 0.465 e. The number of methoxy groups -OCH3 is 1. The Morgan fingerprint density at radius 3 is 2.58 bits per heavy atom. The summed E-state index contributed by atoms with van der Waals surface area (Å²) in [6.07, 6.45) is 2.80. The van der Waals surface area contributed by atoms with Gasteiger partial charge in [0.25, 0.3) is 0 Å². The Balaban J connectivity index is 1.71. The molecule has 3 unspecified atom stereocenters. The van der Waals surface area contributed by atoms with Crippen LogP contribution >= 0.6 is 0 Å². The highest BCUT2D eigenvalue weighted by molar-refractivity contribution is 6.01. The molecular formula is C26H31NO6. The average Bonchev–Trinajstić information content (AvgIpc) is 3.29. The molecule has 3 atom stereocenters. The maximum Gasteiger partial charge on any atom is 0.337 e. The smallest absolute Gasteiger partial charge is 0.337 e. The van der Waals surface area contributed by atoms with E-state index in [1.54, 1.807) is 24.3 Å². The fraction of sp³-hybridized carbons (Fsp3) is 0.500. The number of benzene rings is 1. The first-order valence-corrected chi connectivity index (χ1v) is 11.4. The SMILES string of the molecule is C=C1NC2=C(C(=O)CC(C)(C)C2)C(c2ccc(C(=O)OC)cc2)C1C(=O)OCC1CCCO1. The Morgan fingerprint density at radius 1 is 1.21 bits per heavy atom. The summed E-state index contributed by atoms with van der Waals surface area (Å²) in [5.74, 6) is -2.17. The van der Waals surface area contributed by atoms with Gasteiger partial charge in [-0.05, 0) is 42.4 Å². The van der Waals surface area contributed by atoms with Gasteiger partial charge in [0.1, 0.15) is 12.5 Å². The van der Waals surface area contributed by atoms with E-state index in [1.165, 1.54) is 7.11 Å². The number of Topliss-reactive ketones (excluding diaryl/α,β-unsaturated/α-hetero) is 1. The maximum atomic E-state index is 13.3. The summed E-state index contributed by atoms with van der Waals surface area (Å²) in [5.41, 5.74) is 2.90. The summed E-state index contributed by atoms with van der Waals surface area (Å²) in [6.45, 7) is 9.11. The topological polar surface area (TPSA) is 90.9 Å². The Morgan fingerprint density at radius 2 is 1.94 bits per heavy atom. The minimum absolute atomic E-state index is 0.0141. The second-order valence-electron chi connectivity index (χ2n) is 9.82. The van der Waals surface area contributed by atoms with Crippen LogP contribution in [0.5, 0.6) is 0 Å². The van der Waals surface area contributed by atoms with Gasteiger partial charge in [-0.15, -0.1) is 0 Å². The lowest BCUT2D eigenvalue weighted by molar-refractivity contribution is -0.151. The van der Waals surface area contributed by atoms with Crippen molar-refractivity contribution in [1.82, 2.24) is 5.32 Å². The van der Waals surface area contributed by atoms with Gasteiger partial charge < -0.3 is 19.5 Å². The summed E-state index contributed by atoms with van der Waals surface area (Å²) in [7, 11) is 1.33. The van der Waals surface area contributed by atoms with Crippen LogP contribution < -0.4 is 5.32 Å². The van der Waals surface area contributed by atoms with E-state index in [-0.39, 0.29) is 23.9 Å². The Labute approximate surface area is 194 Å². The van der Waals surface area contributed by atoms with E-state index >= 15 is 0 Å². The van der Waals surface area contributed by atoms with Crippen molar-refractivity contribution >= 4 is 17.7 Å². The highest BCUT2D eigenvalue weighted by Gasteiger charge is 2.46. The van der Waals surface area contributed by atoms with Gasteiger partial charge in [-0.3, -0.25) is 9.59 Å². The number of carbonyl (C=O) groups excluding carboxylic acids is 3. The summed E-state index contributed by atoms with van der Waals surface area (Å²) >= 11 is 0. The molecule has 1 N–H and O–H groups in total. The molecule has 0 amide bonds. The summed E-state index contributed by atoms with van der Waals surface area (Å²) in [6, 6.07) is 6.84. The fourth-order valence-electron chi connectivity index (χ4n) is 5.07. The van der Waals surface area contributed by atoms with Crippen LogP contribution in [-0.2, 0) is 23.8 Å². The Bertz CT molecular complexity index is 1000. The molecule has 1 aromatic carbocycles. The van der Waals surface area contributed by atoms with Crippen molar-refractivity contribution in [3.05, 3.63) is 58.9 Å². The number of rotatable bonds is 5. The first-order valence-electron chi connectivity index (χ1n) is 11.4. The molecule has 1 aliphatic carbocycles. The number of ether oxygens (including phenoxy) is 3. The molecule has 3 aliphatic rings. The standard InChI is InChI=1S/C26H31NO6/c1-15-21(25(30)33-14-18-6-5-11-32-18)22(16-7-9-17(10-8-16)24(29)31-4)23-19(27-15)12-26(2,3)13-20(23)28/h7-10,18,21-22,27H,1,5-6,11-14H2,2-4H3. The fourth-order valence-corrected chi connectivity index (χ4v) is 5.07. The van der Waals surface area contributed by atoms with Crippen molar-refractivity contribution in [3.8, 4) is 0 Å². The normalized spacial score (nSPS) is 26.5. The highest BCUT2D eigenvalue weighted by atomic mass is 16.6. The molecule has 1 fully saturated rings. The molecule has 2 heterocycles. The molecule has 33 heavy (non-hydrogen) atoms. The zero-order chi connectivity index (χ0) is 23.8. The van der Waals surface area contributed by atoms with Gasteiger partial charge in [0.05, 0.1) is 18.8 Å². The van der Waals surface area contributed by atoms with Crippen LogP contribution in [0.25, 0.3) is 0 Å². The maximum absolute atomic E-state index is 13.3. The Kier molecular flexibility index (Phi) is 6.43. The minimum Gasteiger partial charge on any atom is -0.465 e. The molecule has 0 radical (unpaired) electrons. The quantitative estimate of drug-likeness (QED) is 0.681. The zero-order valence-corrected chi connectivity index (χ0v) is 19.4. The lowest BCUT2D eigenvalue weighted by Crippen LogP contribution is -2.44. The number of nitrogens with one attached hydrogen (secondary N) is 1. The molecule has 4 rings (SSSR count). The van der Waals surface area contributed by atoms with Crippen molar-refractivity contribution in [2.24, 2.45) is 11.3 Å². The van der Waals surface area contributed by atoms with E-state index in [0.717, 1.165) is 24.1 Å². The van der Waals surface area contributed by atoms with Crippen LogP contribution in [-0.4, -0.2) is 44.1 Å². The van der Waals surface area contributed by atoms with Crippen LogP contribution in [0.3, 0.4) is 0 Å². The predicted molar refractivity (Wildman–Crippen MR) is 121 cm³/mol. The molecule has 0 saturated carbocycles. The van der Waals surface area contributed by atoms with Gasteiger partial charge >= 0.3 is 11.9 Å². The molecule has 1 saturated heterocycles. The number of esters is 2. The van der Waals surface area contributed by atoms with E-state index < -0.39 is 23.8 Å². The molecule has 1 aromatic rings. The molecule has 176 valence electrons. The van der Waals surface area contributed by atoms with Crippen molar-refractivity contribution in [3.63, 3.8) is 0 Å². The second-order valence-corrected chi connectivity index (χ2v) is 9.82. The first-order chi connectivity index (χ1) is 15.7. The van der Waals surface area contributed by atoms with Crippen molar-refractivity contribution in [2.75, 3.05) is 20.3 Å². The van der Waals surface area contributed by atoms with E-state index in [1.807, 2.05) is 0 Å². The third-order valence-corrected chi connectivity index (χ3v) is 6.63. The lowest BCUT2D eigenvalue weighted by atomic mass is 9.66. The van der Waals surface area contributed by atoms with Gasteiger partial charge in [0.2, 0.25) is 0 Å². The number of allylic oxidation sites excluding steroid dienone is 2. The third kappa shape index (κ3) is 4.74. The van der Waals surface area contributed by atoms with E-state index in [9.17, 15) is 14.4 Å². The number of ketones is 1. The summed E-state index contributed by atoms with van der Waals surface area (Å²) < 4.78 is 16.0. The van der Waals surface area contributed by atoms with Gasteiger partial charge in [-0.1, -0.05) is 32.6 Å². The van der Waals surface area contributed by atoms with Crippen LogP contribution in [0.4, 0.5) is 0 Å². The molecule has 7 heteroatoms. The molecule has 2 aliphatic heterocycles. The van der Waals surface area contributed by atoms with E-state index in [2.05, 4.69) is 25.7 Å². The average molecular weight is 454 g/mol. The summed E-state index contributed by atoms with van der Waals surface area (Å²) in [4.78, 5) is 38.5.